The highest BCUT2D eigenvalue weighted by Crippen LogP contribution is 2.32. The zero-order valence-electron chi connectivity index (χ0n) is 11.9. The first-order valence-corrected chi connectivity index (χ1v) is 6.96. The van der Waals surface area contributed by atoms with Crippen LogP contribution in [0.1, 0.15) is 29.0 Å². The van der Waals surface area contributed by atoms with Crippen molar-refractivity contribution in [2.45, 2.75) is 25.4 Å². The van der Waals surface area contributed by atoms with E-state index in [1.165, 1.54) is 0 Å². The molecule has 110 valence electrons. The van der Waals surface area contributed by atoms with E-state index in [1.807, 2.05) is 17.0 Å². The van der Waals surface area contributed by atoms with Crippen LogP contribution in [0.25, 0.3) is 0 Å². The Bertz CT molecular complexity index is 633. The van der Waals surface area contributed by atoms with Gasteiger partial charge in [0.05, 0.1) is 25.5 Å². The van der Waals surface area contributed by atoms with Gasteiger partial charge in [-0.15, -0.1) is 0 Å². The third kappa shape index (κ3) is 2.86. The van der Waals surface area contributed by atoms with E-state index in [0.717, 1.165) is 18.6 Å². The van der Waals surface area contributed by atoms with Crippen molar-refractivity contribution in [3.8, 4) is 5.75 Å². The van der Waals surface area contributed by atoms with Crippen molar-refractivity contribution in [2.24, 2.45) is 0 Å². The van der Waals surface area contributed by atoms with Crippen LogP contribution in [-0.2, 0) is 6.54 Å². The summed E-state index contributed by atoms with van der Waals surface area (Å²) in [5.41, 5.74) is 6.85. The van der Waals surface area contributed by atoms with Gasteiger partial charge in [-0.2, -0.15) is 0 Å². The van der Waals surface area contributed by atoms with E-state index < -0.39 is 0 Å². The van der Waals surface area contributed by atoms with Gasteiger partial charge in [0.2, 0.25) is 0 Å². The number of amides is 1. The van der Waals surface area contributed by atoms with Gasteiger partial charge in [0.1, 0.15) is 11.5 Å². The van der Waals surface area contributed by atoms with Crippen LogP contribution in [0.4, 0.5) is 5.69 Å². The third-order valence-electron chi connectivity index (χ3n) is 3.61. The summed E-state index contributed by atoms with van der Waals surface area (Å²) in [7, 11) is 1.55. The standard InChI is InChI=1S/C16H18N2O3/c1-20-15-7-4-11(17)9-14(15)16(19)18(12-5-6-12)10-13-3-2-8-21-13/h2-4,7-9,12H,5-6,10,17H2,1H3. The second kappa shape index (κ2) is 5.52. The molecule has 1 aliphatic carbocycles. The summed E-state index contributed by atoms with van der Waals surface area (Å²) in [4.78, 5) is 14.7. The van der Waals surface area contributed by atoms with E-state index in [-0.39, 0.29) is 11.9 Å². The number of hydrogen-bond acceptors (Lipinski definition) is 4. The molecule has 0 radical (unpaired) electrons. The Hall–Kier alpha value is -2.43. The molecule has 0 spiro atoms. The number of hydrogen-bond donors (Lipinski definition) is 1. The number of carbonyl (C=O) groups is 1. The molecule has 2 aromatic rings. The Labute approximate surface area is 123 Å². The Morgan fingerprint density at radius 3 is 2.86 bits per heavy atom. The maximum absolute atomic E-state index is 12.8. The average molecular weight is 286 g/mol. The van der Waals surface area contributed by atoms with Crippen LogP contribution in [-0.4, -0.2) is 24.0 Å². The molecular formula is C16H18N2O3. The van der Waals surface area contributed by atoms with Gasteiger partial charge in [-0.05, 0) is 43.2 Å². The van der Waals surface area contributed by atoms with Crippen LogP contribution in [0.5, 0.6) is 5.75 Å². The Kier molecular flexibility index (Phi) is 3.56. The number of benzene rings is 1. The second-order valence-electron chi connectivity index (χ2n) is 5.20. The zero-order valence-corrected chi connectivity index (χ0v) is 11.9. The minimum atomic E-state index is -0.0712. The first kappa shape index (κ1) is 13.5. The normalized spacial score (nSPS) is 14.0. The summed E-state index contributed by atoms with van der Waals surface area (Å²) >= 11 is 0. The number of nitrogens with zero attached hydrogens (tertiary/aromatic N) is 1. The minimum absolute atomic E-state index is 0.0712. The van der Waals surface area contributed by atoms with Crippen molar-refractivity contribution in [1.29, 1.82) is 0 Å². The number of ether oxygens (including phenoxy) is 1. The fraction of sp³-hybridized carbons (Fsp3) is 0.312. The fourth-order valence-electron chi connectivity index (χ4n) is 2.37. The lowest BCUT2D eigenvalue weighted by molar-refractivity contribution is 0.0714. The lowest BCUT2D eigenvalue weighted by Crippen LogP contribution is -2.32. The van der Waals surface area contributed by atoms with Crippen molar-refractivity contribution in [3.63, 3.8) is 0 Å². The van der Waals surface area contributed by atoms with Crippen molar-refractivity contribution in [2.75, 3.05) is 12.8 Å². The summed E-state index contributed by atoms with van der Waals surface area (Å²) in [6, 6.07) is 9.09. The number of anilines is 1. The minimum Gasteiger partial charge on any atom is -0.496 e. The number of carbonyl (C=O) groups excluding carboxylic acids is 1. The molecule has 1 saturated carbocycles. The monoisotopic (exact) mass is 286 g/mol. The molecule has 3 rings (SSSR count). The van der Waals surface area contributed by atoms with Gasteiger partial charge >= 0.3 is 0 Å². The predicted molar refractivity (Wildman–Crippen MR) is 79.0 cm³/mol. The van der Waals surface area contributed by atoms with Crippen molar-refractivity contribution >= 4 is 11.6 Å². The van der Waals surface area contributed by atoms with E-state index in [4.69, 9.17) is 14.9 Å². The Morgan fingerprint density at radius 1 is 1.43 bits per heavy atom. The number of nitrogen functional groups attached to an aromatic ring is 1. The van der Waals surface area contributed by atoms with Crippen LogP contribution in [0.3, 0.4) is 0 Å². The molecular weight excluding hydrogens is 268 g/mol. The lowest BCUT2D eigenvalue weighted by Gasteiger charge is -2.22. The van der Waals surface area contributed by atoms with Gasteiger partial charge in [0, 0.05) is 11.7 Å². The van der Waals surface area contributed by atoms with E-state index in [0.29, 0.717) is 23.5 Å². The summed E-state index contributed by atoms with van der Waals surface area (Å²) in [5, 5.41) is 0. The van der Waals surface area contributed by atoms with Crippen molar-refractivity contribution < 1.29 is 13.9 Å². The molecule has 5 nitrogen and oxygen atoms in total. The number of rotatable bonds is 5. The topological polar surface area (TPSA) is 68.7 Å². The molecule has 0 unspecified atom stereocenters. The van der Waals surface area contributed by atoms with E-state index >= 15 is 0 Å². The first-order valence-electron chi connectivity index (χ1n) is 6.96. The SMILES string of the molecule is COc1ccc(N)cc1C(=O)N(Cc1ccco1)C1CC1. The number of nitrogens with two attached hydrogens (primary N) is 1. The molecule has 0 aliphatic heterocycles. The average Bonchev–Trinajstić information content (AvgIpc) is 3.20. The van der Waals surface area contributed by atoms with Gasteiger partial charge < -0.3 is 19.8 Å². The third-order valence-corrected chi connectivity index (χ3v) is 3.61. The highest BCUT2D eigenvalue weighted by Gasteiger charge is 2.34. The summed E-state index contributed by atoms with van der Waals surface area (Å²) in [5.74, 6) is 1.25. The van der Waals surface area contributed by atoms with Gasteiger partial charge in [-0.1, -0.05) is 0 Å². The largest absolute Gasteiger partial charge is 0.496 e. The first-order chi connectivity index (χ1) is 10.2. The molecule has 1 aliphatic rings. The molecule has 1 aromatic carbocycles. The molecule has 21 heavy (non-hydrogen) atoms. The molecule has 0 bridgehead atoms. The summed E-state index contributed by atoms with van der Waals surface area (Å²) < 4.78 is 10.6. The lowest BCUT2D eigenvalue weighted by atomic mass is 10.1. The molecule has 0 atom stereocenters. The van der Waals surface area contributed by atoms with Crippen LogP contribution >= 0.6 is 0 Å². The smallest absolute Gasteiger partial charge is 0.258 e. The zero-order chi connectivity index (χ0) is 14.8. The molecule has 1 aromatic heterocycles. The highest BCUT2D eigenvalue weighted by molar-refractivity contribution is 5.98. The van der Waals surface area contributed by atoms with Crippen molar-refractivity contribution in [1.82, 2.24) is 4.90 Å². The molecule has 2 N–H and O–H groups in total. The summed E-state index contributed by atoms with van der Waals surface area (Å²) in [6.45, 7) is 0.467. The van der Waals surface area contributed by atoms with Gasteiger partial charge in [-0.25, -0.2) is 0 Å². The number of methoxy groups -OCH3 is 1. The van der Waals surface area contributed by atoms with Crippen LogP contribution in [0, 0.1) is 0 Å². The van der Waals surface area contributed by atoms with Crippen molar-refractivity contribution in [3.05, 3.63) is 47.9 Å². The van der Waals surface area contributed by atoms with E-state index in [1.54, 1.807) is 31.6 Å². The Balaban J connectivity index is 1.89. The highest BCUT2D eigenvalue weighted by atomic mass is 16.5. The van der Waals surface area contributed by atoms with E-state index in [9.17, 15) is 4.79 Å². The maximum Gasteiger partial charge on any atom is 0.258 e. The quantitative estimate of drug-likeness (QED) is 0.858. The molecule has 1 fully saturated rings. The number of furan rings is 1. The second-order valence-corrected chi connectivity index (χ2v) is 5.20. The maximum atomic E-state index is 12.8. The molecule has 5 heteroatoms. The van der Waals surface area contributed by atoms with Crippen LogP contribution in [0.15, 0.2) is 41.0 Å². The van der Waals surface area contributed by atoms with Gasteiger partial charge in [0.25, 0.3) is 5.91 Å². The van der Waals surface area contributed by atoms with E-state index in [2.05, 4.69) is 0 Å². The molecule has 1 amide bonds. The van der Waals surface area contributed by atoms with Crippen LogP contribution < -0.4 is 10.5 Å². The molecule has 1 heterocycles. The van der Waals surface area contributed by atoms with Gasteiger partial charge in [-0.3, -0.25) is 4.79 Å². The Morgan fingerprint density at radius 2 is 2.24 bits per heavy atom. The predicted octanol–water partition coefficient (Wildman–Crippen LogP) is 2.68. The van der Waals surface area contributed by atoms with Crippen LogP contribution in [0.2, 0.25) is 0 Å². The molecule has 0 saturated heterocycles. The fourth-order valence-corrected chi connectivity index (χ4v) is 2.37. The summed E-state index contributed by atoms with van der Waals surface area (Å²) in [6.07, 6.45) is 3.67. The van der Waals surface area contributed by atoms with Gasteiger partial charge in [0.15, 0.2) is 0 Å².